The molecule has 5 rings (SSSR count). The van der Waals surface area contributed by atoms with Gasteiger partial charge >= 0.3 is 12.1 Å². The number of allylic oxidation sites excluding steroid dienone is 1. The summed E-state index contributed by atoms with van der Waals surface area (Å²) < 4.78 is 25.5. The molecule has 6 atom stereocenters. The van der Waals surface area contributed by atoms with Crippen LogP contribution in [0.5, 0.6) is 0 Å². The molecule has 4 heterocycles. The number of nitrogens with zero attached hydrogens (tertiary/aromatic N) is 2. The van der Waals surface area contributed by atoms with Gasteiger partial charge in [0, 0.05) is 32.5 Å². The molecule has 0 aromatic carbocycles. The molecule has 4 aliphatic rings. The summed E-state index contributed by atoms with van der Waals surface area (Å²) in [4.78, 5) is 37.9. The first-order valence-corrected chi connectivity index (χ1v) is 12.5. The van der Waals surface area contributed by atoms with E-state index in [4.69, 9.17) is 24.1 Å². The molecule has 0 radical (unpaired) electrons. The molecule has 1 amide bonds. The van der Waals surface area contributed by atoms with Crippen LogP contribution in [0.15, 0.2) is 34.8 Å². The van der Waals surface area contributed by atoms with Crippen molar-refractivity contribution in [3.63, 3.8) is 0 Å². The van der Waals surface area contributed by atoms with E-state index >= 15 is 0 Å². The summed E-state index contributed by atoms with van der Waals surface area (Å²) in [5.41, 5.74) is 0.0929. The lowest BCUT2D eigenvalue weighted by Crippen LogP contribution is -2.58. The average Bonchev–Trinajstić information content (AvgIpc) is 3.70. The van der Waals surface area contributed by atoms with Crippen molar-refractivity contribution in [1.82, 2.24) is 9.47 Å². The first-order chi connectivity index (χ1) is 17.1. The van der Waals surface area contributed by atoms with Gasteiger partial charge in [0.15, 0.2) is 0 Å². The first-order valence-electron chi connectivity index (χ1n) is 12.5. The highest BCUT2D eigenvalue weighted by molar-refractivity contribution is 5.87. The minimum atomic E-state index is -1.15. The summed E-state index contributed by atoms with van der Waals surface area (Å²) in [6, 6.07) is 2.26. The molecule has 1 spiro atoms. The number of hydrogen-bond acceptors (Lipinski definition) is 7. The van der Waals surface area contributed by atoms with Crippen LogP contribution in [-0.2, 0) is 18.9 Å². The number of carboxylic acids is 1. The van der Waals surface area contributed by atoms with Gasteiger partial charge in [-0.3, -0.25) is 4.79 Å². The zero-order valence-electron chi connectivity index (χ0n) is 21.1. The maximum atomic E-state index is 13.0. The summed E-state index contributed by atoms with van der Waals surface area (Å²) in [6.45, 7) is 7.54. The molecule has 36 heavy (non-hydrogen) atoms. The predicted molar refractivity (Wildman–Crippen MR) is 128 cm³/mol. The molecule has 1 aromatic rings. The van der Waals surface area contributed by atoms with E-state index in [9.17, 15) is 14.4 Å². The molecule has 1 aromatic heterocycles. The van der Waals surface area contributed by atoms with Gasteiger partial charge in [0.2, 0.25) is 0 Å². The number of rotatable bonds is 7. The average molecular weight is 503 g/mol. The van der Waals surface area contributed by atoms with Gasteiger partial charge in [-0.2, -0.15) is 0 Å². The molecule has 4 fully saturated rings. The van der Waals surface area contributed by atoms with Crippen LogP contribution in [0.25, 0.3) is 0 Å². The number of aromatic carboxylic acids is 1. The highest BCUT2D eigenvalue weighted by Crippen LogP contribution is 2.59. The Morgan fingerprint density at radius 1 is 1.31 bits per heavy atom. The molecule has 10 nitrogen and oxygen atoms in total. The number of epoxide rings is 2. The Balaban J connectivity index is 1.22. The van der Waals surface area contributed by atoms with Crippen LogP contribution in [0.2, 0.25) is 0 Å². The Morgan fingerprint density at radius 2 is 2.03 bits per heavy atom. The van der Waals surface area contributed by atoms with E-state index in [1.54, 1.807) is 12.0 Å². The van der Waals surface area contributed by atoms with Crippen molar-refractivity contribution >= 4 is 12.1 Å². The van der Waals surface area contributed by atoms with E-state index in [0.29, 0.717) is 26.1 Å². The Morgan fingerprint density at radius 3 is 2.61 bits per heavy atom. The molecule has 0 bridgehead atoms. The third-order valence-electron chi connectivity index (χ3n) is 8.20. The fourth-order valence-electron chi connectivity index (χ4n) is 5.98. The molecule has 196 valence electrons. The summed E-state index contributed by atoms with van der Waals surface area (Å²) in [5, 5.41) is 9.05. The lowest BCUT2D eigenvalue weighted by atomic mass is 9.68. The van der Waals surface area contributed by atoms with E-state index in [1.165, 1.54) is 22.4 Å². The lowest BCUT2D eigenvalue weighted by Gasteiger charge is -2.44. The van der Waals surface area contributed by atoms with Crippen LogP contribution in [0, 0.1) is 5.92 Å². The smallest absolute Gasteiger partial charge is 0.410 e. The second-order valence-electron chi connectivity index (χ2n) is 10.8. The molecule has 1 N–H and O–H groups in total. The monoisotopic (exact) mass is 502 g/mol. The van der Waals surface area contributed by atoms with Gasteiger partial charge in [-0.05, 0) is 46.1 Å². The maximum Gasteiger partial charge on any atom is 0.410 e. The fraction of sp³-hybridized carbons (Fsp3) is 0.654. The fourth-order valence-corrected chi connectivity index (χ4v) is 5.98. The largest absolute Gasteiger partial charge is 0.478 e. The van der Waals surface area contributed by atoms with E-state index in [2.05, 4.69) is 26.8 Å². The molecule has 10 heteroatoms. The predicted octanol–water partition coefficient (Wildman–Crippen LogP) is 2.62. The van der Waals surface area contributed by atoms with Crippen LogP contribution in [-0.4, -0.2) is 83.0 Å². The quantitative estimate of drug-likeness (QED) is 0.446. The summed E-state index contributed by atoms with van der Waals surface area (Å²) >= 11 is 0. The molecule has 3 aliphatic heterocycles. The Hall–Kier alpha value is -2.69. The van der Waals surface area contributed by atoms with Crippen molar-refractivity contribution in [3.05, 3.63) is 45.9 Å². The van der Waals surface area contributed by atoms with E-state index in [-0.39, 0.29) is 35.3 Å². The van der Waals surface area contributed by atoms with Crippen LogP contribution in [0.4, 0.5) is 4.79 Å². The van der Waals surface area contributed by atoms with Crippen molar-refractivity contribution in [2.24, 2.45) is 5.92 Å². The zero-order valence-corrected chi connectivity index (χ0v) is 21.1. The zero-order chi connectivity index (χ0) is 25.8. The van der Waals surface area contributed by atoms with Crippen LogP contribution < -0.4 is 5.56 Å². The van der Waals surface area contributed by atoms with Crippen LogP contribution >= 0.6 is 0 Å². The number of likely N-dealkylation sites (tertiary alicyclic amines) is 1. The number of pyridine rings is 1. The number of carbonyl (C=O) groups excluding carboxylic acids is 1. The SMILES string of the molecule is CO[C@@H]1[C@H](OC(=O)N2CC(n3ccc(C(=O)O)cc3=O)C2)CC[C@]2(CO2)[C@H]1[C@@]1(C)O[C@@H]1CC=C(C)C. The van der Waals surface area contributed by atoms with Gasteiger partial charge in [0.1, 0.15) is 23.4 Å². The minimum absolute atomic E-state index is 0.0485. The molecule has 1 aliphatic carbocycles. The van der Waals surface area contributed by atoms with E-state index in [0.717, 1.165) is 18.9 Å². The molecular formula is C26H34N2O8. The standard InChI is InChI=1S/C26H34N2O8/c1-15(2)5-6-19-25(3,36-19)22-21(33-4)18(7-9-26(22)14-34-26)35-24(32)27-12-17(13-27)28-10-8-16(23(30)31)11-20(28)29/h5,8,10-11,17-19,21-22H,6-7,9,12-14H2,1-4H3,(H,30,31)/t18-,19-,21-,22-,25+,26+/m1/s1. The lowest BCUT2D eigenvalue weighted by molar-refractivity contribution is -0.124. The summed E-state index contributed by atoms with van der Waals surface area (Å²) in [6.07, 6.45) is 4.74. The van der Waals surface area contributed by atoms with Gasteiger partial charge in [-0.1, -0.05) is 11.6 Å². The van der Waals surface area contributed by atoms with Crippen LogP contribution in [0.1, 0.15) is 56.4 Å². The van der Waals surface area contributed by atoms with E-state index < -0.39 is 29.3 Å². The first kappa shape index (κ1) is 25.0. The van der Waals surface area contributed by atoms with Crippen molar-refractivity contribution < 1.29 is 33.6 Å². The van der Waals surface area contributed by atoms with Crippen LogP contribution in [0.3, 0.4) is 0 Å². The van der Waals surface area contributed by atoms with Gasteiger partial charge in [-0.25, -0.2) is 9.59 Å². The van der Waals surface area contributed by atoms with Gasteiger partial charge in [0.25, 0.3) is 5.56 Å². The number of amides is 1. The summed E-state index contributed by atoms with van der Waals surface area (Å²) in [5.74, 6) is -1.20. The number of carboxylic acid groups (broad SMARTS) is 1. The molecule has 1 saturated carbocycles. The summed E-state index contributed by atoms with van der Waals surface area (Å²) in [7, 11) is 1.64. The van der Waals surface area contributed by atoms with Crippen molar-refractivity contribution in [2.75, 3.05) is 26.8 Å². The second kappa shape index (κ2) is 9.00. The molecule has 0 unspecified atom stereocenters. The van der Waals surface area contributed by atoms with Crippen molar-refractivity contribution in [1.29, 1.82) is 0 Å². The van der Waals surface area contributed by atoms with Crippen molar-refractivity contribution in [2.45, 2.75) is 75.6 Å². The second-order valence-corrected chi connectivity index (χ2v) is 10.8. The molecule has 3 saturated heterocycles. The number of methoxy groups -OCH3 is 1. The normalized spacial score (nSPS) is 35.2. The maximum absolute atomic E-state index is 13.0. The number of aromatic nitrogens is 1. The third kappa shape index (κ3) is 4.35. The topological polar surface area (TPSA) is 123 Å². The van der Waals surface area contributed by atoms with Gasteiger partial charge in [-0.15, -0.1) is 0 Å². The minimum Gasteiger partial charge on any atom is -0.478 e. The third-order valence-corrected chi connectivity index (χ3v) is 8.20. The van der Waals surface area contributed by atoms with Crippen molar-refractivity contribution in [3.8, 4) is 0 Å². The Bertz CT molecular complexity index is 1130. The molecular weight excluding hydrogens is 468 g/mol. The Labute approximate surface area is 209 Å². The van der Waals surface area contributed by atoms with Gasteiger partial charge in [0.05, 0.1) is 30.2 Å². The van der Waals surface area contributed by atoms with E-state index in [1.807, 2.05) is 0 Å². The Kier molecular flexibility index (Phi) is 6.25. The van der Waals surface area contributed by atoms with Gasteiger partial charge < -0.3 is 33.5 Å². The highest BCUT2D eigenvalue weighted by Gasteiger charge is 2.72. The number of hydrogen-bond donors (Lipinski definition) is 1. The highest BCUT2D eigenvalue weighted by atomic mass is 16.6. The number of ether oxygens (including phenoxy) is 4. The number of carbonyl (C=O) groups is 2.